The molecule has 2 fully saturated rings. The number of rotatable bonds is 4. The highest BCUT2D eigenvalue weighted by molar-refractivity contribution is 6.00. The van der Waals surface area contributed by atoms with E-state index in [1.54, 1.807) is 47.5 Å². The molecule has 2 aliphatic rings. The van der Waals surface area contributed by atoms with Gasteiger partial charge in [0.25, 0.3) is 11.8 Å². The van der Waals surface area contributed by atoms with E-state index in [4.69, 9.17) is 0 Å². The summed E-state index contributed by atoms with van der Waals surface area (Å²) in [5.41, 5.74) is 0.883. The number of pyridine rings is 1. The van der Waals surface area contributed by atoms with Gasteiger partial charge in [-0.1, -0.05) is 18.2 Å². The van der Waals surface area contributed by atoms with Crippen LogP contribution in [0.3, 0.4) is 0 Å². The number of carbonyl (C=O) groups excluding carboxylic acids is 4. The average Bonchev–Trinajstić information content (AvgIpc) is 2.85. The van der Waals surface area contributed by atoms with E-state index < -0.39 is 18.0 Å². The topological polar surface area (TPSA) is 112 Å². The molecule has 0 spiro atoms. The first kappa shape index (κ1) is 21.5. The molecular formula is C23H25N5O4. The molecule has 0 unspecified atom stereocenters. The molecule has 2 saturated heterocycles. The van der Waals surface area contributed by atoms with Gasteiger partial charge in [0.1, 0.15) is 12.1 Å². The second-order valence-electron chi connectivity index (χ2n) is 7.87. The maximum absolute atomic E-state index is 13.2. The monoisotopic (exact) mass is 435 g/mol. The van der Waals surface area contributed by atoms with Crippen molar-refractivity contribution >= 4 is 23.6 Å². The summed E-state index contributed by atoms with van der Waals surface area (Å²) in [7, 11) is 0. The lowest BCUT2D eigenvalue weighted by atomic mass is 10.0. The third-order valence-electron chi connectivity index (χ3n) is 5.76. The molecule has 2 atom stereocenters. The summed E-state index contributed by atoms with van der Waals surface area (Å²) in [6, 6.07) is 10.5. The van der Waals surface area contributed by atoms with Crippen LogP contribution in [-0.4, -0.2) is 76.7 Å². The quantitative estimate of drug-likeness (QED) is 0.724. The highest BCUT2D eigenvalue weighted by Gasteiger charge is 2.39. The predicted octanol–water partition coefficient (Wildman–Crippen LogP) is 0.443. The van der Waals surface area contributed by atoms with Crippen molar-refractivity contribution < 1.29 is 19.2 Å². The first-order valence-corrected chi connectivity index (χ1v) is 10.7. The van der Waals surface area contributed by atoms with Crippen LogP contribution < -0.4 is 10.6 Å². The van der Waals surface area contributed by atoms with E-state index in [1.165, 1.54) is 11.1 Å². The molecule has 166 valence electrons. The third-order valence-corrected chi connectivity index (χ3v) is 5.76. The molecule has 0 saturated carbocycles. The number of piperazine rings is 1. The smallest absolute Gasteiger partial charge is 0.255 e. The van der Waals surface area contributed by atoms with Gasteiger partial charge in [0.15, 0.2) is 0 Å². The lowest BCUT2D eigenvalue weighted by Crippen LogP contribution is -2.63. The largest absolute Gasteiger partial charge is 0.354 e. The van der Waals surface area contributed by atoms with Crippen molar-refractivity contribution in [1.82, 2.24) is 25.4 Å². The molecule has 0 bridgehead atoms. The molecule has 9 nitrogen and oxygen atoms in total. The van der Waals surface area contributed by atoms with Crippen LogP contribution in [0.4, 0.5) is 0 Å². The summed E-state index contributed by atoms with van der Waals surface area (Å²) in [6.07, 6.45) is 4.36. The van der Waals surface area contributed by atoms with E-state index in [2.05, 4.69) is 15.6 Å². The summed E-state index contributed by atoms with van der Waals surface area (Å²) in [4.78, 5) is 58.5. The Morgan fingerprint density at radius 2 is 1.78 bits per heavy atom. The predicted molar refractivity (Wildman–Crippen MR) is 116 cm³/mol. The van der Waals surface area contributed by atoms with Gasteiger partial charge >= 0.3 is 0 Å². The fraction of sp³-hybridized carbons (Fsp3) is 0.348. The number of amides is 4. The fourth-order valence-corrected chi connectivity index (χ4v) is 4.03. The van der Waals surface area contributed by atoms with Crippen molar-refractivity contribution in [1.29, 1.82) is 0 Å². The Bertz CT molecular complexity index is 998. The standard InChI is InChI=1S/C23H25N5O4/c29-20-18(9-5-11-25-20)26-21(30)19-15-27(22(31)17-8-4-10-24-14-17)12-13-28(19)23(32)16-6-2-1-3-7-16/h1-4,6-8,10,14,18-19H,5,9,11-13,15H2,(H,25,29)(H,26,30)/t18-,19+/m1/s1. The molecule has 1 aromatic carbocycles. The molecule has 0 aliphatic carbocycles. The van der Waals surface area contributed by atoms with Gasteiger partial charge in [-0.3, -0.25) is 24.2 Å². The van der Waals surface area contributed by atoms with Gasteiger partial charge in [0.2, 0.25) is 11.8 Å². The molecule has 2 aromatic rings. The average molecular weight is 435 g/mol. The number of aromatic nitrogens is 1. The Kier molecular flexibility index (Phi) is 6.44. The maximum Gasteiger partial charge on any atom is 0.255 e. The number of hydrogen-bond acceptors (Lipinski definition) is 5. The van der Waals surface area contributed by atoms with Crippen molar-refractivity contribution in [3.8, 4) is 0 Å². The molecule has 4 rings (SSSR count). The summed E-state index contributed by atoms with van der Waals surface area (Å²) in [5, 5.41) is 5.52. The Morgan fingerprint density at radius 1 is 1.00 bits per heavy atom. The SMILES string of the molecule is O=C1NCCC[C@H]1NC(=O)[C@@H]1CN(C(=O)c2cccnc2)CCN1C(=O)c1ccccc1. The van der Waals surface area contributed by atoms with Crippen LogP contribution in [-0.2, 0) is 9.59 Å². The van der Waals surface area contributed by atoms with Gasteiger partial charge in [-0.2, -0.15) is 0 Å². The van der Waals surface area contributed by atoms with Crippen LogP contribution >= 0.6 is 0 Å². The molecule has 2 aliphatic heterocycles. The molecule has 9 heteroatoms. The Balaban J connectivity index is 1.56. The molecule has 1 aromatic heterocycles. The van der Waals surface area contributed by atoms with Crippen molar-refractivity contribution in [3.63, 3.8) is 0 Å². The number of hydrogen-bond donors (Lipinski definition) is 2. The van der Waals surface area contributed by atoms with E-state index in [0.717, 1.165) is 6.42 Å². The Morgan fingerprint density at radius 3 is 2.50 bits per heavy atom. The minimum Gasteiger partial charge on any atom is -0.354 e. The van der Waals surface area contributed by atoms with Crippen LogP contribution in [0.5, 0.6) is 0 Å². The molecule has 3 heterocycles. The van der Waals surface area contributed by atoms with Gasteiger partial charge in [0, 0.05) is 37.6 Å². The lowest BCUT2D eigenvalue weighted by Gasteiger charge is -2.41. The number of nitrogens with one attached hydrogen (secondary N) is 2. The highest BCUT2D eigenvalue weighted by atomic mass is 16.2. The zero-order chi connectivity index (χ0) is 22.5. The molecule has 32 heavy (non-hydrogen) atoms. The van der Waals surface area contributed by atoms with E-state index in [9.17, 15) is 19.2 Å². The summed E-state index contributed by atoms with van der Waals surface area (Å²) in [6.45, 7) is 1.11. The van der Waals surface area contributed by atoms with Gasteiger partial charge in [-0.05, 0) is 37.1 Å². The second kappa shape index (κ2) is 9.59. The number of benzene rings is 1. The Labute approximate surface area is 185 Å². The van der Waals surface area contributed by atoms with Crippen molar-refractivity contribution in [2.75, 3.05) is 26.2 Å². The lowest BCUT2D eigenvalue weighted by molar-refractivity contribution is -0.133. The third kappa shape index (κ3) is 4.61. The van der Waals surface area contributed by atoms with E-state index in [1.807, 2.05) is 6.07 Å². The van der Waals surface area contributed by atoms with Gasteiger partial charge < -0.3 is 20.4 Å². The number of nitrogens with zero attached hydrogens (tertiary/aromatic N) is 3. The molecule has 2 N–H and O–H groups in total. The van der Waals surface area contributed by atoms with Crippen LogP contribution in [0.2, 0.25) is 0 Å². The highest BCUT2D eigenvalue weighted by Crippen LogP contribution is 2.17. The van der Waals surface area contributed by atoms with E-state index >= 15 is 0 Å². The fourth-order valence-electron chi connectivity index (χ4n) is 4.03. The first-order valence-electron chi connectivity index (χ1n) is 10.7. The van der Waals surface area contributed by atoms with Gasteiger partial charge in [-0.25, -0.2) is 0 Å². The van der Waals surface area contributed by atoms with Crippen LogP contribution in [0.25, 0.3) is 0 Å². The zero-order valence-corrected chi connectivity index (χ0v) is 17.6. The number of carbonyl (C=O) groups is 4. The molecule has 0 radical (unpaired) electrons. The van der Waals surface area contributed by atoms with Crippen molar-refractivity contribution in [2.24, 2.45) is 0 Å². The van der Waals surface area contributed by atoms with E-state index in [0.29, 0.717) is 30.6 Å². The van der Waals surface area contributed by atoms with Crippen LogP contribution in [0.15, 0.2) is 54.9 Å². The summed E-state index contributed by atoms with van der Waals surface area (Å²) >= 11 is 0. The number of piperidine rings is 1. The van der Waals surface area contributed by atoms with Gasteiger partial charge in [-0.15, -0.1) is 0 Å². The minimum atomic E-state index is -0.910. The summed E-state index contributed by atoms with van der Waals surface area (Å²) in [5.74, 6) is -1.21. The molecule has 4 amide bonds. The van der Waals surface area contributed by atoms with Crippen molar-refractivity contribution in [2.45, 2.75) is 24.9 Å². The Hall–Kier alpha value is -3.75. The normalized spacial score (nSPS) is 20.9. The second-order valence-corrected chi connectivity index (χ2v) is 7.87. The minimum absolute atomic E-state index is 0.0342. The summed E-state index contributed by atoms with van der Waals surface area (Å²) < 4.78 is 0. The zero-order valence-electron chi connectivity index (χ0n) is 17.6. The molecular weight excluding hydrogens is 410 g/mol. The first-order chi connectivity index (χ1) is 15.5. The maximum atomic E-state index is 13.2. The van der Waals surface area contributed by atoms with Crippen LogP contribution in [0, 0.1) is 0 Å². The van der Waals surface area contributed by atoms with E-state index in [-0.39, 0.29) is 30.8 Å². The van der Waals surface area contributed by atoms with Gasteiger partial charge in [0.05, 0.1) is 12.1 Å². The van der Waals surface area contributed by atoms with Crippen molar-refractivity contribution in [3.05, 3.63) is 66.0 Å². The van der Waals surface area contributed by atoms with Crippen LogP contribution in [0.1, 0.15) is 33.6 Å².